The molecule has 140 valence electrons. The lowest BCUT2D eigenvalue weighted by Crippen LogP contribution is -2.41. The number of amides is 1. The number of likely N-dealkylation sites (tertiary alicyclic amines) is 1. The maximum Gasteiger partial charge on any atom is 0.260 e. The number of halogens is 2. The molecule has 1 fully saturated rings. The van der Waals surface area contributed by atoms with E-state index in [-0.39, 0.29) is 24.2 Å². The molecule has 0 saturated carbocycles. The van der Waals surface area contributed by atoms with Gasteiger partial charge in [0.25, 0.3) is 5.91 Å². The van der Waals surface area contributed by atoms with E-state index in [0.29, 0.717) is 24.3 Å². The maximum absolute atomic E-state index is 13.6. The Labute approximate surface area is 153 Å². The van der Waals surface area contributed by atoms with Crippen molar-refractivity contribution in [3.05, 3.63) is 47.9 Å². The zero-order valence-corrected chi connectivity index (χ0v) is 14.4. The molecule has 0 aliphatic carbocycles. The van der Waals surface area contributed by atoms with Crippen LogP contribution in [-0.2, 0) is 4.79 Å². The summed E-state index contributed by atoms with van der Waals surface area (Å²) >= 11 is 0. The maximum atomic E-state index is 13.6. The average molecular weight is 373 g/mol. The molecule has 3 aromatic rings. The Hall–Kier alpha value is -3.10. The molecule has 1 saturated heterocycles. The number of nitrogens with zero attached hydrogens (tertiary/aromatic N) is 4. The van der Waals surface area contributed by atoms with Gasteiger partial charge >= 0.3 is 0 Å². The zero-order chi connectivity index (χ0) is 18.8. The topological polar surface area (TPSA) is 84.0 Å². The molecular weight excluding hydrogens is 356 g/mol. The van der Waals surface area contributed by atoms with E-state index in [2.05, 4.69) is 20.2 Å². The van der Waals surface area contributed by atoms with Crippen LogP contribution in [0.3, 0.4) is 0 Å². The molecule has 27 heavy (non-hydrogen) atoms. The third kappa shape index (κ3) is 3.57. The van der Waals surface area contributed by atoms with Gasteiger partial charge in [-0.1, -0.05) is 0 Å². The van der Waals surface area contributed by atoms with Gasteiger partial charge in [-0.3, -0.25) is 9.89 Å². The van der Waals surface area contributed by atoms with E-state index in [1.807, 2.05) is 0 Å². The summed E-state index contributed by atoms with van der Waals surface area (Å²) in [5.74, 6) is -1.86. The van der Waals surface area contributed by atoms with Crippen LogP contribution >= 0.6 is 0 Å². The van der Waals surface area contributed by atoms with Crippen molar-refractivity contribution in [1.29, 1.82) is 0 Å². The lowest BCUT2D eigenvalue weighted by Gasteiger charge is -2.32. The van der Waals surface area contributed by atoms with E-state index < -0.39 is 11.6 Å². The number of benzene rings is 1. The minimum absolute atomic E-state index is 0.0620. The first-order valence-electron chi connectivity index (χ1n) is 8.62. The second-order valence-electron chi connectivity index (χ2n) is 6.41. The highest BCUT2D eigenvalue weighted by Crippen LogP contribution is 2.29. The highest BCUT2D eigenvalue weighted by Gasteiger charge is 2.28. The number of aromatic amines is 1. The fourth-order valence-corrected chi connectivity index (χ4v) is 3.32. The van der Waals surface area contributed by atoms with E-state index in [9.17, 15) is 13.6 Å². The van der Waals surface area contributed by atoms with Gasteiger partial charge in [-0.05, 0) is 25.0 Å². The number of piperidine rings is 1. The van der Waals surface area contributed by atoms with E-state index in [1.54, 1.807) is 17.3 Å². The van der Waals surface area contributed by atoms with Crippen molar-refractivity contribution in [2.45, 2.75) is 18.8 Å². The molecule has 1 aliphatic heterocycles. The number of hydrogen-bond acceptors (Lipinski definition) is 5. The summed E-state index contributed by atoms with van der Waals surface area (Å²) in [6.45, 7) is 0.781. The van der Waals surface area contributed by atoms with Gasteiger partial charge in [-0.15, -0.1) is 0 Å². The normalized spacial score (nSPS) is 17.3. The molecule has 0 bridgehead atoms. The van der Waals surface area contributed by atoms with Crippen molar-refractivity contribution >= 4 is 17.1 Å². The number of H-pyrrole nitrogens is 1. The van der Waals surface area contributed by atoms with Gasteiger partial charge in [0.15, 0.2) is 23.8 Å². The van der Waals surface area contributed by atoms with Gasteiger partial charge in [-0.2, -0.15) is 5.10 Å². The number of carbonyl (C=O) groups is 1. The van der Waals surface area contributed by atoms with Crippen LogP contribution in [0.15, 0.2) is 30.6 Å². The molecule has 9 heteroatoms. The molecule has 1 aromatic carbocycles. The highest BCUT2D eigenvalue weighted by atomic mass is 19.1. The second-order valence-corrected chi connectivity index (χ2v) is 6.41. The molecule has 1 atom stereocenters. The molecule has 0 radical (unpaired) electrons. The third-order valence-corrected chi connectivity index (χ3v) is 4.64. The molecule has 1 aliphatic rings. The summed E-state index contributed by atoms with van der Waals surface area (Å²) in [6.07, 6.45) is 4.90. The van der Waals surface area contributed by atoms with Crippen LogP contribution in [0.25, 0.3) is 11.2 Å². The van der Waals surface area contributed by atoms with E-state index in [1.165, 1.54) is 6.07 Å². The number of rotatable bonds is 4. The van der Waals surface area contributed by atoms with Crippen molar-refractivity contribution in [3.63, 3.8) is 0 Å². The first kappa shape index (κ1) is 17.3. The number of hydrogen-bond donors (Lipinski definition) is 1. The summed E-state index contributed by atoms with van der Waals surface area (Å²) in [5.41, 5.74) is 2.12. The molecule has 0 spiro atoms. The Balaban J connectivity index is 1.42. The quantitative estimate of drug-likeness (QED) is 0.759. The zero-order valence-electron chi connectivity index (χ0n) is 14.4. The number of aromatic nitrogens is 4. The minimum atomic E-state index is -0.832. The molecular formula is C18H17F2N5O2. The first-order chi connectivity index (χ1) is 13.1. The van der Waals surface area contributed by atoms with Crippen molar-refractivity contribution in [1.82, 2.24) is 25.1 Å². The van der Waals surface area contributed by atoms with Crippen molar-refractivity contribution in [3.8, 4) is 5.75 Å². The lowest BCUT2D eigenvalue weighted by atomic mass is 9.94. The van der Waals surface area contributed by atoms with Crippen LogP contribution in [0.1, 0.15) is 24.5 Å². The molecule has 3 heterocycles. The summed E-state index contributed by atoms with van der Waals surface area (Å²) in [5, 5.41) is 7.14. The van der Waals surface area contributed by atoms with Gasteiger partial charge < -0.3 is 9.64 Å². The van der Waals surface area contributed by atoms with Gasteiger partial charge in [0.2, 0.25) is 0 Å². The number of carbonyl (C=O) groups excluding carboxylic acids is 1. The summed E-state index contributed by atoms with van der Waals surface area (Å²) in [6, 6.07) is 2.98. The lowest BCUT2D eigenvalue weighted by molar-refractivity contribution is -0.134. The van der Waals surface area contributed by atoms with Crippen molar-refractivity contribution in [2.24, 2.45) is 0 Å². The molecule has 4 rings (SSSR count). The highest BCUT2D eigenvalue weighted by molar-refractivity contribution is 5.78. The number of ether oxygens (including phenoxy) is 1. The number of nitrogens with one attached hydrogen (secondary N) is 1. The van der Waals surface area contributed by atoms with Crippen LogP contribution in [0.4, 0.5) is 8.78 Å². The summed E-state index contributed by atoms with van der Waals surface area (Å²) < 4.78 is 31.8. The summed E-state index contributed by atoms with van der Waals surface area (Å²) in [4.78, 5) is 22.6. The van der Waals surface area contributed by atoms with Crippen LogP contribution < -0.4 is 4.74 Å². The molecule has 7 nitrogen and oxygen atoms in total. The van der Waals surface area contributed by atoms with E-state index >= 15 is 0 Å². The molecule has 0 unspecified atom stereocenters. The van der Waals surface area contributed by atoms with Gasteiger partial charge in [0.05, 0.1) is 5.69 Å². The summed E-state index contributed by atoms with van der Waals surface area (Å²) in [7, 11) is 0. The minimum Gasteiger partial charge on any atom is -0.481 e. The largest absolute Gasteiger partial charge is 0.481 e. The predicted octanol–water partition coefficient (Wildman–Crippen LogP) is 2.42. The Kier molecular flexibility index (Phi) is 4.66. The Morgan fingerprint density at radius 1 is 1.30 bits per heavy atom. The van der Waals surface area contributed by atoms with Gasteiger partial charge in [0, 0.05) is 37.5 Å². The van der Waals surface area contributed by atoms with Crippen molar-refractivity contribution < 1.29 is 18.3 Å². The smallest absolute Gasteiger partial charge is 0.260 e. The Morgan fingerprint density at radius 3 is 3.00 bits per heavy atom. The van der Waals surface area contributed by atoms with Gasteiger partial charge in [0.1, 0.15) is 11.3 Å². The fourth-order valence-electron chi connectivity index (χ4n) is 3.32. The average Bonchev–Trinajstić information content (AvgIpc) is 3.11. The second kappa shape index (κ2) is 7.26. The van der Waals surface area contributed by atoms with E-state index in [4.69, 9.17) is 4.74 Å². The standard InChI is InChI=1S/C18H17F2N5O2/c19-12-3-4-14(13(20)8-12)27-10-15(26)25-7-1-2-11(9-25)16-17-18(24-23-16)22-6-5-21-17/h3-6,8,11H,1-2,7,9-10H2,(H,22,23,24)/t11-/m1/s1. The van der Waals surface area contributed by atoms with Crippen LogP contribution in [-0.4, -0.2) is 50.7 Å². The van der Waals surface area contributed by atoms with Gasteiger partial charge in [-0.25, -0.2) is 18.7 Å². The van der Waals surface area contributed by atoms with Crippen LogP contribution in [0, 0.1) is 11.6 Å². The Morgan fingerprint density at radius 2 is 2.15 bits per heavy atom. The SMILES string of the molecule is O=C(COc1ccc(F)cc1F)N1CCC[C@@H](c2[nH]nc3nccnc23)C1. The number of fused-ring (bicyclic) bond motifs is 1. The predicted molar refractivity (Wildman–Crippen MR) is 92.1 cm³/mol. The van der Waals surface area contributed by atoms with Crippen molar-refractivity contribution in [2.75, 3.05) is 19.7 Å². The van der Waals surface area contributed by atoms with Crippen LogP contribution in [0.5, 0.6) is 5.75 Å². The Bertz CT molecular complexity index is 977. The van der Waals surface area contributed by atoms with E-state index in [0.717, 1.165) is 30.7 Å². The first-order valence-corrected chi connectivity index (χ1v) is 8.62. The third-order valence-electron chi connectivity index (χ3n) is 4.64. The monoisotopic (exact) mass is 373 g/mol. The molecule has 1 amide bonds. The molecule has 2 aromatic heterocycles. The molecule has 1 N–H and O–H groups in total. The fraction of sp³-hybridized carbons (Fsp3) is 0.333. The van der Waals surface area contributed by atoms with Crippen LogP contribution in [0.2, 0.25) is 0 Å².